The van der Waals surface area contributed by atoms with Gasteiger partial charge in [-0.15, -0.1) is 0 Å². The molecule has 0 radical (unpaired) electrons. The first-order valence-electron chi connectivity index (χ1n) is 7.17. The van der Waals surface area contributed by atoms with Crippen molar-refractivity contribution in [2.45, 2.75) is 38.7 Å². The number of amidine groups is 1. The lowest BCUT2D eigenvalue weighted by molar-refractivity contribution is 0.223. The van der Waals surface area contributed by atoms with Gasteiger partial charge in [-0.2, -0.15) is 0 Å². The molecule has 1 unspecified atom stereocenters. The molecule has 2 N–H and O–H groups in total. The molecule has 3 rings (SSSR count). The molecule has 0 saturated carbocycles. The van der Waals surface area contributed by atoms with Crippen molar-refractivity contribution in [1.82, 2.24) is 4.90 Å². The van der Waals surface area contributed by atoms with Crippen LogP contribution in [0.15, 0.2) is 23.2 Å². The van der Waals surface area contributed by atoms with Crippen molar-refractivity contribution in [3.63, 3.8) is 0 Å². The summed E-state index contributed by atoms with van der Waals surface area (Å²) in [5.74, 6) is 1.91. The zero-order valence-corrected chi connectivity index (χ0v) is 11.4. The standard InChI is InChI=1S/C15H21N3O/c1-2-13-15(18-8-4-3-5-9-18)17-12-7-6-11(16)10-14(12)19-13/h6-7,10,13H,2-5,8-9,16H2,1H3. The van der Waals surface area contributed by atoms with Crippen molar-refractivity contribution in [1.29, 1.82) is 0 Å². The highest BCUT2D eigenvalue weighted by Gasteiger charge is 2.28. The fourth-order valence-electron chi connectivity index (χ4n) is 2.78. The van der Waals surface area contributed by atoms with Gasteiger partial charge in [0, 0.05) is 24.8 Å². The molecule has 2 aliphatic rings. The van der Waals surface area contributed by atoms with Crippen LogP contribution >= 0.6 is 0 Å². The van der Waals surface area contributed by atoms with Crippen LogP contribution in [0.25, 0.3) is 0 Å². The number of rotatable bonds is 1. The number of ether oxygens (including phenoxy) is 1. The Morgan fingerprint density at radius 1 is 1.32 bits per heavy atom. The zero-order chi connectivity index (χ0) is 13.2. The Hall–Kier alpha value is -1.71. The smallest absolute Gasteiger partial charge is 0.156 e. The van der Waals surface area contributed by atoms with Crippen LogP contribution in [-0.4, -0.2) is 29.9 Å². The van der Waals surface area contributed by atoms with E-state index in [0.717, 1.165) is 42.5 Å². The third kappa shape index (κ3) is 2.39. The zero-order valence-electron chi connectivity index (χ0n) is 11.4. The summed E-state index contributed by atoms with van der Waals surface area (Å²) in [6, 6.07) is 5.70. The van der Waals surface area contributed by atoms with Crippen LogP contribution in [-0.2, 0) is 0 Å². The summed E-state index contributed by atoms with van der Waals surface area (Å²) in [6.45, 7) is 4.34. The lowest BCUT2D eigenvalue weighted by Crippen LogP contribution is -2.45. The van der Waals surface area contributed by atoms with E-state index in [-0.39, 0.29) is 6.10 Å². The number of nitrogens with two attached hydrogens (primary N) is 1. The van der Waals surface area contributed by atoms with E-state index in [2.05, 4.69) is 11.8 Å². The van der Waals surface area contributed by atoms with E-state index in [1.807, 2.05) is 18.2 Å². The van der Waals surface area contributed by atoms with E-state index < -0.39 is 0 Å². The first-order chi connectivity index (χ1) is 9.28. The van der Waals surface area contributed by atoms with Gasteiger partial charge in [0.1, 0.15) is 17.3 Å². The fraction of sp³-hybridized carbons (Fsp3) is 0.533. The Bertz CT molecular complexity index is 492. The summed E-state index contributed by atoms with van der Waals surface area (Å²) in [4.78, 5) is 7.21. The van der Waals surface area contributed by atoms with Gasteiger partial charge in [-0.3, -0.25) is 0 Å². The summed E-state index contributed by atoms with van der Waals surface area (Å²) in [5, 5.41) is 0. The van der Waals surface area contributed by atoms with Gasteiger partial charge in [0.2, 0.25) is 0 Å². The highest BCUT2D eigenvalue weighted by atomic mass is 16.5. The minimum absolute atomic E-state index is 0.0624. The Morgan fingerprint density at radius 2 is 2.11 bits per heavy atom. The van der Waals surface area contributed by atoms with E-state index in [1.54, 1.807) is 0 Å². The Morgan fingerprint density at radius 3 is 2.84 bits per heavy atom. The van der Waals surface area contributed by atoms with Crippen LogP contribution in [0.4, 0.5) is 11.4 Å². The number of nitrogens with zero attached hydrogens (tertiary/aromatic N) is 2. The number of benzene rings is 1. The highest BCUT2D eigenvalue weighted by Crippen LogP contribution is 2.35. The summed E-state index contributed by atoms with van der Waals surface area (Å²) >= 11 is 0. The van der Waals surface area contributed by atoms with Crippen molar-refractivity contribution in [3.05, 3.63) is 18.2 Å². The number of anilines is 1. The SMILES string of the molecule is CCC1Oc2cc(N)ccc2N=C1N1CCCCC1. The number of nitrogen functional groups attached to an aromatic ring is 1. The van der Waals surface area contributed by atoms with Crippen LogP contribution in [0.1, 0.15) is 32.6 Å². The molecule has 0 bridgehead atoms. The third-order valence-electron chi connectivity index (χ3n) is 3.83. The fourth-order valence-corrected chi connectivity index (χ4v) is 2.78. The summed E-state index contributed by atoms with van der Waals surface area (Å²) in [5.41, 5.74) is 7.44. The third-order valence-corrected chi connectivity index (χ3v) is 3.83. The van der Waals surface area contributed by atoms with Gasteiger partial charge >= 0.3 is 0 Å². The van der Waals surface area contributed by atoms with Crippen molar-refractivity contribution in [2.75, 3.05) is 18.8 Å². The van der Waals surface area contributed by atoms with E-state index in [0.29, 0.717) is 0 Å². The number of hydrogen-bond acceptors (Lipinski definition) is 4. The molecule has 1 aromatic carbocycles. The summed E-state index contributed by atoms with van der Waals surface area (Å²) < 4.78 is 6.08. The van der Waals surface area contributed by atoms with Crippen LogP contribution in [0.2, 0.25) is 0 Å². The topological polar surface area (TPSA) is 50.9 Å². The second-order valence-corrected chi connectivity index (χ2v) is 5.26. The largest absolute Gasteiger partial charge is 0.480 e. The lowest BCUT2D eigenvalue weighted by atomic mass is 10.1. The first-order valence-corrected chi connectivity index (χ1v) is 7.17. The van der Waals surface area contributed by atoms with Gasteiger partial charge in [-0.1, -0.05) is 6.92 Å². The van der Waals surface area contributed by atoms with E-state index >= 15 is 0 Å². The molecule has 0 amide bonds. The second-order valence-electron chi connectivity index (χ2n) is 5.26. The van der Waals surface area contributed by atoms with Crippen LogP contribution in [0.3, 0.4) is 0 Å². The number of likely N-dealkylation sites (tertiary alicyclic amines) is 1. The highest BCUT2D eigenvalue weighted by molar-refractivity contribution is 5.91. The maximum atomic E-state index is 6.08. The average Bonchev–Trinajstić information content (AvgIpc) is 2.46. The van der Waals surface area contributed by atoms with Gasteiger partial charge in [0.15, 0.2) is 6.10 Å². The van der Waals surface area contributed by atoms with E-state index in [4.69, 9.17) is 15.5 Å². The molecular weight excluding hydrogens is 238 g/mol. The van der Waals surface area contributed by atoms with Crippen molar-refractivity contribution in [3.8, 4) is 5.75 Å². The van der Waals surface area contributed by atoms with Crippen LogP contribution in [0, 0.1) is 0 Å². The first kappa shape index (κ1) is 12.3. The normalized spacial score (nSPS) is 22.5. The molecule has 1 fully saturated rings. The molecule has 1 aromatic rings. The number of aliphatic imine (C=N–C) groups is 1. The number of hydrogen-bond donors (Lipinski definition) is 1. The molecule has 0 spiro atoms. The molecule has 1 atom stereocenters. The summed E-state index contributed by atoms with van der Waals surface area (Å²) in [7, 11) is 0. The molecule has 4 nitrogen and oxygen atoms in total. The van der Waals surface area contributed by atoms with E-state index in [9.17, 15) is 0 Å². The molecular formula is C15H21N3O. The minimum atomic E-state index is 0.0624. The molecule has 0 aromatic heterocycles. The van der Waals surface area contributed by atoms with Crippen LogP contribution in [0.5, 0.6) is 5.75 Å². The Labute approximate surface area is 114 Å². The Kier molecular flexibility index (Phi) is 3.32. The predicted molar refractivity (Wildman–Crippen MR) is 78.1 cm³/mol. The van der Waals surface area contributed by atoms with Crippen molar-refractivity contribution in [2.24, 2.45) is 4.99 Å². The van der Waals surface area contributed by atoms with Gasteiger partial charge < -0.3 is 15.4 Å². The number of piperidine rings is 1. The number of fused-ring (bicyclic) bond motifs is 1. The van der Waals surface area contributed by atoms with Crippen LogP contribution < -0.4 is 10.5 Å². The molecule has 4 heteroatoms. The molecule has 2 aliphatic heterocycles. The molecule has 19 heavy (non-hydrogen) atoms. The molecule has 2 heterocycles. The lowest BCUT2D eigenvalue weighted by Gasteiger charge is -2.35. The molecule has 1 saturated heterocycles. The molecule has 102 valence electrons. The van der Waals surface area contributed by atoms with Gasteiger partial charge in [0.05, 0.1) is 0 Å². The van der Waals surface area contributed by atoms with Gasteiger partial charge in [0.25, 0.3) is 0 Å². The summed E-state index contributed by atoms with van der Waals surface area (Å²) in [6.07, 6.45) is 4.83. The maximum Gasteiger partial charge on any atom is 0.156 e. The van der Waals surface area contributed by atoms with Crippen molar-refractivity contribution >= 4 is 17.2 Å². The average molecular weight is 259 g/mol. The molecule has 0 aliphatic carbocycles. The predicted octanol–water partition coefficient (Wildman–Crippen LogP) is 2.96. The second kappa shape index (κ2) is 5.11. The van der Waals surface area contributed by atoms with Gasteiger partial charge in [-0.05, 0) is 37.8 Å². The van der Waals surface area contributed by atoms with E-state index in [1.165, 1.54) is 19.3 Å². The minimum Gasteiger partial charge on any atom is -0.480 e. The quantitative estimate of drug-likeness (QED) is 0.789. The Balaban J connectivity index is 1.94. The maximum absolute atomic E-state index is 6.08. The monoisotopic (exact) mass is 259 g/mol. The van der Waals surface area contributed by atoms with Gasteiger partial charge in [-0.25, -0.2) is 4.99 Å². The van der Waals surface area contributed by atoms with Crippen molar-refractivity contribution < 1.29 is 4.74 Å².